The molecule has 0 amide bonds. The van der Waals surface area contributed by atoms with Crippen molar-refractivity contribution in [3.05, 3.63) is 111 Å². The number of pyridine rings is 1. The minimum atomic E-state index is -0.346. The molecule has 1 atom stereocenters. The number of nitrogens with one attached hydrogen (secondary N) is 1. The van der Waals surface area contributed by atoms with Crippen molar-refractivity contribution in [2.24, 2.45) is 0 Å². The molecular formula is C31H31N7O. The number of nitrogens with two attached hydrogens (primary N) is 1. The van der Waals surface area contributed by atoms with Gasteiger partial charge in [0.05, 0.1) is 34.0 Å². The standard InChI is InChI=1S/C31H31N7O/c1-5-25(35-28-24(21(4)34-31(32)37-28)17-16-22-15-14-19(2)18-33-22)29-36-26-13-9-10-20(3)27(26)30(39)38(29)23-11-7-6-8-12-23/h6-18,25H,5H2,1-4H3,(H3,32,34,35,37). The van der Waals surface area contributed by atoms with Gasteiger partial charge in [-0.2, -0.15) is 4.98 Å². The van der Waals surface area contributed by atoms with Gasteiger partial charge in [0.15, 0.2) is 0 Å². The fourth-order valence-corrected chi connectivity index (χ4v) is 4.65. The first-order chi connectivity index (χ1) is 18.9. The molecule has 2 aromatic carbocycles. The Morgan fingerprint density at radius 3 is 2.46 bits per heavy atom. The molecule has 8 heteroatoms. The van der Waals surface area contributed by atoms with Gasteiger partial charge in [0, 0.05) is 11.8 Å². The monoisotopic (exact) mass is 517 g/mol. The summed E-state index contributed by atoms with van der Waals surface area (Å²) in [6.07, 6.45) is 6.32. The SMILES string of the molecule is CCC(Nc1nc(N)nc(C)c1C=Cc1ccc(C)cn1)c1nc2cccc(C)c2c(=O)n1-c1ccccc1. The molecule has 0 radical (unpaired) electrons. The molecule has 3 aromatic heterocycles. The van der Waals surface area contributed by atoms with E-state index in [0.29, 0.717) is 29.0 Å². The van der Waals surface area contributed by atoms with Crippen molar-refractivity contribution in [1.82, 2.24) is 24.5 Å². The summed E-state index contributed by atoms with van der Waals surface area (Å²) in [7, 11) is 0. The van der Waals surface area contributed by atoms with Gasteiger partial charge in [-0.3, -0.25) is 14.3 Å². The molecule has 196 valence electrons. The summed E-state index contributed by atoms with van der Waals surface area (Å²) in [5, 5.41) is 4.14. The van der Waals surface area contributed by atoms with Crippen molar-refractivity contribution in [3.8, 4) is 5.69 Å². The van der Waals surface area contributed by atoms with E-state index in [9.17, 15) is 4.79 Å². The molecule has 0 aliphatic heterocycles. The highest BCUT2D eigenvalue weighted by Gasteiger charge is 2.22. The molecule has 0 fully saturated rings. The van der Waals surface area contributed by atoms with Gasteiger partial charge in [0.2, 0.25) is 5.95 Å². The predicted octanol–water partition coefficient (Wildman–Crippen LogP) is 5.81. The van der Waals surface area contributed by atoms with Crippen molar-refractivity contribution in [2.45, 2.75) is 40.2 Å². The highest BCUT2D eigenvalue weighted by atomic mass is 16.1. The maximum atomic E-state index is 13.9. The largest absolute Gasteiger partial charge is 0.368 e. The van der Waals surface area contributed by atoms with Gasteiger partial charge in [0.25, 0.3) is 5.56 Å². The van der Waals surface area contributed by atoms with E-state index in [1.165, 1.54) is 0 Å². The summed E-state index contributed by atoms with van der Waals surface area (Å²) in [4.78, 5) is 32.3. The van der Waals surface area contributed by atoms with E-state index in [1.807, 2.05) is 107 Å². The minimum absolute atomic E-state index is 0.108. The lowest BCUT2D eigenvalue weighted by Gasteiger charge is -2.23. The number of rotatable bonds is 7. The average molecular weight is 518 g/mol. The van der Waals surface area contributed by atoms with Gasteiger partial charge in [-0.05, 0) is 74.7 Å². The number of aromatic nitrogens is 5. The molecule has 5 aromatic rings. The summed E-state index contributed by atoms with van der Waals surface area (Å²) in [6, 6.07) is 19.0. The maximum absolute atomic E-state index is 13.9. The number of nitrogen functional groups attached to an aromatic ring is 1. The second-order valence-electron chi connectivity index (χ2n) is 9.54. The van der Waals surface area contributed by atoms with Gasteiger partial charge < -0.3 is 11.1 Å². The lowest BCUT2D eigenvalue weighted by atomic mass is 10.1. The lowest BCUT2D eigenvalue weighted by Crippen LogP contribution is -2.29. The number of anilines is 2. The lowest BCUT2D eigenvalue weighted by molar-refractivity contribution is 0.658. The van der Waals surface area contributed by atoms with Gasteiger partial charge in [-0.25, -0.2) is 9.97 Å². The average Bonchev–Trinajstić information content (AvgIpc) is 2.92. The molecule has 0 bridgehead atoms. The summed E-state index contributed by atoms with van der Waals surface area (Å²) in [5.74, 6) is 1.32. The van der Waals surface area contributed by atoms with Gasteiger partial charge >= 0.3 is 0 Å². The summed E-state index contributed by atoms with van der Waals surface area (Å²) < 4.78 is 1.69. The van der Waals surface area contributed by atoms with Crippen LogP contribution in [0.4, 0.5) is 11.8 Å². The van der Waals surface area contributed by atoms with Crippen molar-refractivity contribution >= 4 is 34.8 Å². The zero-order chi connectivity index (χ0) is 27.5. The second kappa shape index (κ2) is 10.9. The van der Waals surface area contributed by atoms with Crippen LogP contribution in [0.1, 0.15) is 53.3 Å². The molecule has 0 saturated heterocycles. The van der Waals surface area contributed by atoms with Crippen LogP contribution >= 0.6 is 0 Å². The molecule has 8 nitrogen and oxygen atoms in total. The Morgan fingerprint density at radius 2 is 1.74 bits per heavy atom. The molecule has 0 aliphatic rings. The highest BCUT2D eigenvalue weighted by molar-refractivity contribution is 5.82. The van der Waals surface area contributed by atoms with Crippen LogP contribution in [0.25, 0.3) is 28.7 Å². The van der Waals surface area contributed by atoms with Crippen molar-refractivity contribution in [3.63, 3.8) is 0 Å². The quantitative estimate of drug-likeness (QED) is 0.280. The Hall–Kier alpha value is -4.85. The van der Waals surface area contributed by atoms with Crippen molar-refractivity contribution in [1.29, 1.82) is 0 Å². The maximum Gasteiger partial charge on any atom is 0.266 e. The Balaban J connectivity index is 1.64. The topological polar surface area (TPSA) is 112 Å². The predicted molar refractivity (Wildman–Crippen MR) is 158 cm³/mol. The van der Waals surface area contributed by atoms with Crippen LogP contribution in [0.5, 0.6) is 0 Å². The summed E-state index contributed by atoms with van der Waals surface area (Å²) in [5.41, 5.74) is 11.7. The first kappa shape index (κ1) is 25.8. The van der Waals surface area contributed by atoms with E-state index < -0.39 is 0 Å². The van der Waals surface area contributed by atoms with E-state index >= 15 is 0 Å². The van der Waals surface area contributed by atoms with E-state index in [-0.39, 0.29) is 17.5 Å². The van der Waals surface area contributed by atoms with Crippen LogP contribution < -0.4 is 16.6 Å². The fraction of sp³-hybridized carbons (Fsp3) is 0.194. The number of nitrogens with zero attached hydrogens (tertiary/aromatic N) is 5. The third-order valence-corrected chi connectivity index (χ3v) is 6.69. The Kier molecular flexibility index (Phi) is 7.19. The fourth-order valence-electron chi connectivity index (χ4n) is 4.65. The summed E-state index contributed by atoms with van der Waals surface area (Å²) >= 11 is 0. The number of hydrogen-bond donors (Lipinski definition) is 2. The summed E-state index contributed by atoms with van der Waals surface area (Å²) in [6.45, 7) is 7.87. The van der Waals surface area contributed by atoms with E-state index in [1.54, 1.807) is 4.57 Å². The number of para-hydroxylation sites is 1. The van der Waals surface area contributed by atoms with Crippen LogP contribution in [0.3, 0.4) is 0 Å². The molecular weight excluding hydrogens is 486 g/mol. The van der Waals surface area contributed by atoms with Crippen LogP contribution in [-0.2, 0) is 0 Å². The van der Waals surface area contributed by atoms with Crippen LogP contribution in [0.15, 0.2) is 71.7 Å². The number of hydrogen-bond acceptors (Lipinski definition) is 7. The Morgan fingerprint density at radius 1 is 0.949 bits per heavy atom. The molecule has 0 saturated carbocycles. The van der Waals surface area contributed by atoms with Gasteiger partial charge in [-0.1, -0.05) is 43.3 Å². The van der Waals surface area contributed by atoms with E-state index in [0.717, 1.165) is 33.8 Å². The molecule has 3 N–H and O–H groups in total. The third-order valence-electron chi connectivity index (χ3n) is 6.69. The molecule has 3 heterocycles. The van der Waals surface area contributed by atoms with Crippen molar-refractivity contribution in [2.75, 3.05) is 11.1 Å². The van der Waals surface area contributed by atoms with Crippen LogP contribution in [0, 0.1) is 20.8 Å². The molecule has 39 heavy (non-hydrogen) atoms. The Labute approximate surface area is 227 Å². The molecule has 1 unspecified atom stereocenters. The normalized spacial score (nSPS) is 12.2. The number of fused-ring (bicyclic) bond motifs is 1. The molecule has 0 spiro atoms. The number of benzene rings is 2. The first-order valence-electron chi connectivity index (χ1n) is 12.9. The highest BCUT2D eigenvalue weighted by Crippen LogP contribution is 2.28. The molecule has 0 aliphatic carbocycles. The zero-order valence-corrected chi connectivity index (χ0v) is 22.5. The van der Waals surface area contributed by atoms with Crippen molar-refractivity contribution < 1.29 is 0 Å². The molecule has 5 rings (SSSR count). The minimum Gasteiger partial charge on any atom is -0.368 e. The second-order valence-corrected chi connectivity index (χ2v) is 9.54. The van der Waals surface area contributed by atoms with Crippen LogP contribution in [0.2, 0.25) is 0 Å². The van der Waals surface area contributed by atoms with Gasteiger partial charge in [-0.15, -0.1) is 0 Å². The zero-order valence-electron chi connectivity index (χ0n) is 22.5. The Bertz CT molecular complexity index is 1730. The van der Waals surface area contributed by atoms with Crippen LogP contribution in [-0.4, -0.2) is 24.5 Å². The van der Waals surface area contributed by atoms with E-state index in [4.69, 9.17) is 10.7 Å². The third kappa shape index (κ3) is 5.27. The van der Waals surface area contributed by atoms with Gasteiger partial charge in [0.1, 0.15) is 11.6 Å². The number of aryl methyl sites for hydroxylation is 3. The smallest absolute Gasteiger partial charge is 0.266 e. The first-order valence-corrected chi connectivity index (χ1v) is 12.9. The van der Waals surface area contributed by atoms with E-state index in [2.05, 4.69) is 20.3 Å².